The van der Waals surface area contributed by atoms with Crippen LogP contribution in [0.25, 0.3) is 0 Å². The molecule has 0 aliphatic carbocycles. The van der Waals surface area contributed by atoms with Crippen LogP contribution in [0.1, 0.15) is 39.6 Å². The SMILES string of the molecule is Nc1sc(C2CCN(C(=O)OCc3ccccc3)CC2)cc1C=O. The highest BCUT2D eigenvalue weighted by molar-refractivity contribution is 7.16. The van der Waals surface area contributed by atoms with E-state index in [0.29, 0.717) is 36.2 Å². The smallest absolute Gasteiger partial charge is 0.410 e. The largest absolute Gasteiger partial charge is 0.445 e. The van der Waals surface area contributed by atoms with Gasteiger partial charge in [0.25, 0.3) is 0 Å². The average Bonchev–Trinajstić information content (AvgIpc) is 3.01. The molecular weight excluding hydrogens is 324 g/mol. The summed E-state index contributed by atoms with van der Waals surface area (Å²) in [6, 6.07) is 11.5. The van der Waals surface area contributed by atoms with Gasteiger partial charge in [0.1, 0.15) is 6.61 Å². The molecule has 0 saturated carbocycles. The van der Waals surface area contributed by atoms with Crippen LogP contribution in [0.5, 0.6) is 0 Å². The van der Waals surface area contributed by atoms with Crippen LogP contribution in [0.3, 0.4) is 0 Å². The Balaban J connectivity index is 1.50. The Kier molecular flexibility index (Phi) is 5.15. The Hall–Kier alpha value is -2.34. The minimum atomic E-state index is -0.267. The highest BCUT2D eigenvalue weighted by Crippen LogP contribution is 2.35. The number of carbonyl (C=O) groups excluding carboxylic acids is 2. The first-order chi connectivity index (χ1) is 11.7. The number of hydrogen-bond donors (Lipinski definition) is 1. The molecule has 3 rings (SSSR count). The predicted octanol–water partition coefficient (Wildman–Crippen LogP) is 3.66. The van der Waals surface area contributed by atoms with Crippen LogP contribution in [0, 0.1) is 0 Å². The van der Waals surface area contributed by atoms with E-state index >= 15 is 0 Å². The maximum atomic E-state index is 12.2. The van der Waals surface area contributed by atoms with E-state index in [0.717, 1.165) is 29.6 Å². The summed E-state index contributed by atoms with van der Waals surface area (Å²) in [5, 5.41) is 0.574. The fraction of sp³-hybridized carbons (Fsp3) is 0.333. The molecule has 0 atom stereocenters. The van der Waals surface area contributed by atoms with Crippen molar-refractivity contribution in [2.24, 2.45) is 0 Å². The van der Waals surface area contributed by atoms with Gasteiger partial charge in [0.15, 0.2) is 6.29 Å². The first kappa shape index (κ1) is 16.5. The molecule has 1 aliphatic rings. The highest BCUT2D eigenvalue weighted by Gasteiger charge is 2.26. The Morgan fingerprint density at radius 3 is 2.62 bits per heavy atom. The third-order valence-corrected chi connectivity index (χ3v) is 5.44. The molecule has 0 spiro atoms. The molecule has 2 N–H and O–H groups in total. The minimum Gasteiger partial charge on any atom is -0.445 e. The molecule has 24 heavy (non-hydrogen) atoms. The quantitative estimate of drug-likeness (QED) is 0.859. The lowest BCUT2D eigenvalue weighted by Gasteiger charge is -2.30. The number of hydrogen-bond acceptors (Lipinski definition) is 5. The van der Waals surface area contributed by atoms with Crippen molar-refractivity contribution in [1.82, 2.24) is 4.90 Å². The topological polar surface area (TPSA) is 72.6 Å². The van der Waals surface area contributed by atoms with E-state index in [-0.39, 0.29) is 6.09 Å². The number of nitrogen functional groups attached to an aromatic ring is 1. The van der Waals surface area contributed by atoms with Crippen LogP contribution < -0.4 is 5.73 Å². The number of piperidine rings is 1. The van der Waals surface area contributed by atoms with Gasteiger partial charge < -0.3 is 15.4 Å². The van der Waals surface area contributed by atoms with Crippen LogP contribution in [0.2, 0.25) is 0 Å². The molecule has 5 nitrogen and oxygen atoms in total. The maximum absolute atomic E-state index is 12.2. The van der Waals surface area contributed by atoms with Crippen LogP contribution in [-0.2, 0) is 11.3 Å². The van der Waals surface area contributed by atoms with Gasteiger partial charge in [-0.25, -0.2) is 4.79 Å². The van der Waals surface area contributed by atoms with Gasteiger partial charge in [0.2, 0.25) is 0 Å². The van der Waals surface area contributed by atoms with E-state index in [1.54, 1.807) is 4.90 Å². The van der Waals surface area contributed by atoms with Crippen molar-refractivity contribution in [2.75, 3.05) is 18.8 Å². The molecule has 1 aromatic heterocycles. The van der Waals surface area contributed by atoms with Crippen LogP contribution in [0.15, 0.2) is 36.4 Å². The minimum absolute atomic E-state index is 0.267. The summed E-state index contributed by atoms with van der Waals surface area (Å²) in [5.41, 5.74) is 7.38. The summed E-state index contributed by atoms with van der Waals surface area (Å²) in [6.07, 6.45) is 2.25. The molecule has 2 aromatic rings. The lowest BCUT2D eigenvalue weighted by atomic mass is 9.95. The lowest BCUT2D eigenvalue weighted by molar-refractivity contribution is 0.0872. The molecule has 1 aliphatic heterocycles. The third-order valence-electron chi connectivity index (χ3n) is 4.30. The normalized spacial score (nSPS) is 15.2. The molecule has 0 bridgehead atoms. The van der Waals surface area contributed by atoms with E-state index in [2.05, 4.69) is 0 Å². The van der Waals surface area contributed by atoms with E-state index < -0.39 is 0 Å². The second kappa shape index (κ2) is 7.49. The number of benzene rings is 1. The van der Waals surface area contributed by atoms with Gasteiger partial charge in [-0.1, -0.05) is 30.3 Å². The monoisotopic (exact) mass is 344 g/mol. The Morgan fingerprint density at radius 2 is 2.00 bits per heavy atom. The fourth-order valence-corrected chi connectivity index (χ4v) is 3.96. The number of thiophene rings is 1. The van der Waals surface area contributed by atoms with Gasteiger partial charge >= 0.3 is 6.09 Å². The second-order valence-corrected chi connectivity index (χ2v) is 7.00. The third kappa shape index (κ3) is 3.76. The summed E-state index contributed by atoms with van der Waals surface area (Å²) >= 11 is 1.47. The lowest BCUT2D eigenvalue weighted by Crippen LogP contribution is -2.38. The van der Waals surface area contributed by atoms with Crippen molar-refractivity contribution in [3.8, 4) is 0 Å². The number of ether oxygens (including phenoxy) is 1. The van der Waals surface area contributed by atoms with E-state index in [4.69, 9.17) is 10.5 Å². The van der Waals surface area contributed by atoms with E-state index in [9.17, 15) is 9.59 Å². The Labute approximate surface area is 145 Å². The Morgan fingerprint density at radius 1 is 1.29 bits per heavy atom. The first-order valence-corrected chi connectivity index (χ1v) is 8.79. The summed E-state index contributed by atoms with van der Waals surface area (Å²) in [6.45, 7) is 1.61. The van der Waals surface area contributed by atoms with Crippen molar-refractivity contribution in [1.29, 1.82) is 0 Å². The second-order valence-electron chi connectivity index (χ2n) is 5.89. The number of carbonyl (C=O) groups is 2. The zero-order valence-electron chi connectivity index (χ0n) is 13.3. The van der Waals surface area contributed by atoms with E-state index in [1.807, 2.05) is 36.4 Å². The molecule has 1 aromatic carbocycles. The number of nitrogens with two attached hydrogens (primary N) is 1. The molecule has 1 fully saturated rings. The van der Waals surface area contributed by atoms with Gasteiger partial charge in [0, 0.05) is 23.5 Å². The summed E-state index contributed by atoms with van der Waals surface area (Å²) in [7, 11) is 0. The number of likely N-dealkylation sites (tertiary alicyclic amines) is 1. The summed E-state index contributed by atoms with van der Waals surface area (Å²) in [5.74, 6) is 0.351. The fourth-order valence-electron chi connectivity index (χ4n) is 2.89. The van der Waals surface area contributed by atoms with Crippen molar-refractivity contribution in [3.05, 3.63) is 52.4 Å². The van der Waals surface area contributed by atoms with Gasteiger partial charge in [-0.15, -0.1) is 11.3 Å². The number of amides is 1. The zero-order chi connectivity index (χ0) is 16.9. The molecule has 6 heteroatoms. The van der Waals surface area contributed by atoms with Gasteiger partial charge in [0.05, 0.1) is 5.00 Å². The molecular formula is C18H20N2O3S. The van der Waals surface area contributed by atoms with Gasteiger partial charge in [-0.05, 0) is 30.4 Å². The molecule has 0 radical (unpaired) electrons. The van der Waals surface area contributed by atoms with Gasteiger partial charge in [-0.2, -0.15) is 0 Å². The number of anilines is 1. The molecule has 1 saturated heterocycles. The Bertz CT molecular complexity index is 706. The van der Waals surface area contributed by atoms with Crippen molar-refractivity contribution >= 4 is 28.7 Å². The van der Waals surface area contributed by atoms with Crippen LogP contribution in [0.4, 0.5) is 9.80 Å². The average molecular weight is 344 g/mol. The summed E-state index contributed by atoms with van der Waals surface area (Å²) in [4.78, 5) is 25.9. The van der Waals surface area contributed by atoms with E-state index in [1.165, 1.54) is 11.3 Å². The van der Waals surface area contributed by atoms with Crippen molar-refractivity contribution < 1.29 is 14.3 Å². The zero-order valence-corrected chi connectivity index (χ0v) is 14.1. The first-order valence-electron chi connectivity index (χ1n) is 7.97. The molecule has 0 unspecified atom stereocenters. The molecule has 1 amide bonds. The summed E-state index contributed by atoms with van der Waals surface area (Å²) < 4.78 is 5.37. The number of aldehydes is 1. The van der Waals surface area contributed by atoms with Crippen LogP contribution in [-0.4, -0.2) is 30.4 Å². The molecule has 126 valence electrons. The standard InChI is InChI=1S/C18H20N2O3S/c19-17-15(11-21)10-16(24-17)14-6-8-20(9-7-14)18(22)23-12-13-4-2-1-3-5-13/h1-5,10-11,14H,6-9,12,19H2. The maximum Gasteiger partial charge on any atom is 0.410 e. The predicted molar refractivity (Wildman–Crippen MR) is 94.3 cm³/mol. The highest BCUT2D eigenvalue weighted by atomic mass is 32.1. The molecule has 2 heterocycles. The van der Waals surface area contributed by atoms with Gasteiger partial charge in [-0.3, -0.25) is 4.79 Å². The number of nitrogens with zero attached hydrogens (tertiary/aromatic N) is 1. The number of rotatable bonds is 4. The van der Waals surface area contributed by atoms with Crippen LogP contribution >= 0.6 is 11.3 Å². The van der Waals surface area contributed by atoms with Crippen molar-refractivity contribution in [2.45, 2.75) is 25.4 Å². The van der Waals surface area contributed by atoms with Crippen molar-refractivity contribution in [3.63, 3.8) is 0 Å².